The molecule has 1 atom stereocenters. The van der Waals surface area contributed by atoms with Gasteiger partial charge in [-0.05, 0) is 42.9 Å². The molecular formula is C31H32F4N8O4. The van der Waals surface area contributed by atoms with E-state index in [1.165, 1.54) is 31.4 Å². The Morgan fingerprint density at radius 1 is 1.09 bits per heavy atom. The van der Waals surface area contributed by atoms with Gasteiger partial charge in [-0.3, -0.25) is 14.7 Å². The number of piperazine rings is 1. The molecule has 47 heavy (non-hydrogen) atoms. The maximum atomic E-state index is 13.7. The third-order valence-electron chi connectivity index (χ3n) is 7.67. The van der Waals surface area contributed by atoms with Crippen LogP contribution in [0.15, 0.2) is 54.6 Å². The highest BCUT2D eigenvalue weighted by molar-refractivity contribution is 6.01. The van der Waals surface area contributed by atoms with Crippen LogP contribution >= 0.6 is 0 Å². The molecule has 1 aliphatic heterocycles. The van der Waals surface area contributed by atoms with Crippen LogP contribution in [0, 0.1) is 5.82 Å². The van der Waals surface area contributed by atoms with Crippen LogP contribution in [0.2, 0.25) is 0 Å². The zero-order chi connectivity index (χ0) is 33.9. The Bertz CT molecular complexity index is 1760. The van der Waals surface area contributed by atoms with Crippen molar-refractivity contribution in [1.82, 2.24) is 25.4 Å². The second-order valence-corrected chi connectivity index (χ2v) is 10.9. The van der Waals surface area contributed by atoms with Gasteiger partial charge in [0.2, 0.25) is 0 Å². The van der Waals surface area contributed by atoms with Crippen LogP contribution in [0.5, 0.6) is 5.75 Å². The van der Waals surface area contributed by atoms with Crippen LogP contribution in [-0.2, 0) is 6.54 Å². The van der Waals surface area contributed by atoms with Crippen LogP contribution in [-0.4, -0.2) is 83.5 Å². The van der Waals surface area contributed by atoms with Gasteiger partial charge in [-0.2, -0.15) is 18.3 Å². The first-order valence-corrected chi connectivity index (χ1v) is 14.4. The number of aliphatic hydroxyl groups excluding tert-OH is 1. The second kappa shape index (κ2) is 13.6. The molecule has 2 amide bonds. The molecule has 2 aromatic carbocycles. The molecule has 0 aliphatic carbocycles. The number of primary amides is 1. The molecule has 0 spiro atoms. The van der Waals surface area contributed by atoms with Crippen LogP contribution in [0.4, 0.5) is 34.8 Å². The number of ether oxygens (including phenoxy) is 1. The molecule has 6 N–H and O–H groups in total. The monoisotopic (exact) mass is 656 g/mol. The molecule has 5 rings (SSSR count). The topological polar surface area (TPSA) is 162 Å². The number of nitrogens with two attached hydrogens (primary N) is 1. The van der Waals surface area contributed by atoms with Gasteiger partial charge in [-0.25, -0.2) is 9.37 Å². The Balaban J connectivity index is 1.39. The maximum Gasteiger partial charge on any atom is 0.420 e. The fourth-order valence-corrected chi connectivity index (χ4v) is 5.10. The molecule has 0 saturated carbocycles. The van der Waals surface area contributed by atoms with Gasteiger partial charge in [-0.1, -0.05) is 24.3 Å². The van der Waals surface area contributed by atoms with Crippen molar-refractivity contribution in [2.75, 3.05) is 50.6 Å². The van der Waals surface area contributed by atoms with Gasteiger partial charge < -0.3 is 36.0 Å². The zero-order valence-electron chi connectivity index (χ0n) is 25.4. The average molecular weight is 657 g/mol. The van der Waals surface area contributed by atoms with Crippen molar-refractivity contribution in [3.05, 3.63) is 82.9 Å². The number of methoxy groups -OCH3 is 1. The van der Waals surface area contributed by atoms with E-state index in [1.807, 2.05) is 11.9 Å². The summed E-state index contributed by atoms with van der Waals surface area (Å²) in [6, 6.07) is 13.2. The van der Waals surface area contributed by atoms with Crippen molar-refractivity contribution < 1.29 is 37.0 Å². The number of nitrogens with zero attached hydrogens (tertiary/aromatic N) is 4. The Hall–Kier alpha value is -5.22. The molecule has 1 aliphatic rings. The van der Waals surface area contributed by atoms with E-state index < -0.39 is 35.6 Å². The summed E-state index contributed by atoms with van der Waals surface area (Å²) < 4.78 is 60.0. The Morgan fingerprint density at radius 3 is 2.43 bits per heavy atom. The van der Waals surface area contributed by atoms with Crippen molar-refractivity contribution in [2.45, 2.75) is 18.8 Å². The summed E-state index contributed by atoms with van der Waals surface area (Å²) in [6.45, 7) is 2.21. The number of aromatic nitrogens is 3. The van der Waals surface area contributed by atoms with Crippen LogP contribution in [0.25, 0.3) is 11.3 Å². The normalized spacial score (nSPS) is 14.5. The minimum Gasteiger partial charge on any atom is -0.496 e. The summed E-state index contributed by atoms with van der Waals surface area (Å²) in [4.78, 5) is 32.8. The highest BCUT2D eigenvalue weighted by Gasteiger charge is 2.42. The summed E-state index contributed by atoms with van der Waals surface area (Å²) in [7, 11) is 3.28. The van der Waals surface area contributed by atoms with E-state index in [9.17, 15) is 32.3 Å². The predicted molar refractivity (Wildman–Crippen MR) is 165 cm³/mol. The quantitative estimate of drug-likeness (QED) is 0.160. The van der Waals surface area contributed by atoms with Crippen LogP contribution in [0.1, 0.15) is 38.2 Å². The molecule has 16 heteroatoms. The van der Waals surface area contributed by atoms with E-state index in [2.05, 4.69) is 25.8 Å². The summed E-state index contributed by atoms with van der Waals surface area (Å²) >= 11 is 0. The number of alkyl halides is 3. The first-order valence-electron chi connectivity index (χ1n) is 14.4. The van der Waals surface area contributed by atoms with Gasteiger partial charge in [-0.15, -0.1) is 0 Å². The first-order chi connectivity index (χ1) is 22.3. The van der Waals surface area contributed by atoms with Gasteiger partial charge >= 0.3 is 6.18 Å². The standard InChI is InChI=1S/C31H32F4N8O4/c1-42-11-13-43(14-12-42)21-8-10-23(38-25(21)28(44)31(33,34)35)39-26-24(40-41-27(26)29(36)45)18-5-3-17(4-6-18)16-37-30(46)20-15-19(32)7-9-22(20)47-2/h3-10,15,28,44H,11-14,16H2,1-2H3,(H2,36,45)(H,37,46)(H,38,39)(H,40,41). The number of amides is 2. The molecule has 248 valence electrons. The molecule has 1 fully saturated rings. The number of hydrogen-bond acceptors (Lipinski definition) is 9. The van der Waals surface area contributed by atoms with Gasteiger partial charge in [0.15, 0.2) is 6.10 Å². The fourth-order valence-electron chi connectivity index (χ4n) is 5.10. The Kier molecular flexibility index (Phi) is 9.62. The lowest BCUT2D eigenvalue weighted by Gasteiger charge is -2.35. The number of anilines is 3. The number of H-pyrrole nitrogens is 1. The number of rotatable bonds is 10. The molecule has 2 aromatic heterocycles. The number of carbonyl (C=O) groups excluding carboxylic acids is 2. The van der Waals surface area contributed by atoms with E-state index in [-0.39, 0.29) is 46.4 Å². The third-order valence-corrected chi connectivity index (χ3v) is 7.67. The Labute approximate surface area is 266 Å². The largest absolute Gasteiger partial charge is 0.496 e. The molecule has 1 saturated heterocycles. The van der Waals surface area contributed by atoms with Gasteiger partial charge in [0.05, 0.1) is 24.0 Å². The lowest BCUT2D eigenvalue weighted by Crippen LogP contribution is -2.45. The molecule has 3 heterocycles. The smallest absolute Gasteiger partial charge is 0.420 e. The fraction of sp³-hybridized carbons (Fsp3) is 0.290. The molecule has 12 nitrogen and oxygen atoms in total. The summed E-state index contributed by atoms with van der Waals surface area (Å²) in [5, 5.41) is 22.6. The highest BCUT2D eigenvalue weighted by atomic mass is 19.4. The number of nitrogens with one attached hydrogen (secondary N) is 3. The zero-order valence-corrected chi connectivity index (χ0v) is 25.4. The molecule has 0 bridgehead atoms. The highest BCUT2D eigenvalue weighted by Crippen LogP contribution is 2.38. The maximum absolute atomic E-state index is 13.7. The second-order valence-electron chi connectivity index (χ2n) is 10.9. The average Bonchev–Trinajstić information content (AvgIpc) is 3.47. The number of pyridine rings is 1. The lowest BCUT2D eigenvalue weighted by atomic mass is 10.1. The molecule has 1 unspecified atom stereocenters. The minimum absolute atomic E-state index is 0.0337. The number of halogens is 4. The van der Waals surface area contributed by atoms with Crippen molar-refractivity contribution >= 4 is 29.0 Å². The summed E-state index contributed by atoms with van der Waals surface area (Å²) in [5.74, 6) is -1.89. The van der Waals surface area contributed by atoms with Crippen molar-refractivity contribution in [3.63, 3.8) is 0 Å². The van der Waals surface area contributed by atoms with Crippen LogP contribution in [0.3, 0.4) is 0 Å². The number of carbonyl (C=O) groups is 2. The van der Waals surface area contributed by atoms with Gasteiger partial charge in [0.25, 0.3) is 11.8 Å². The van der Waals surface area contributed by atoms with E-state index in [4.69, 9.17) is 10.5 Å². The number of aromatic amines is 1. The number of likely N-dealkylation sites (N-methyl/N-ethyl adjacent to an activating group) is 1. The summed E-state index contributed by atoms with van der Waals surface area (Å²) in [5.41, 5.74) is 6.43. The first kappa shape index (κ1) is 33.2. The predicted octanol–water partition coefficient (Wildman–Crippen LogP) is 3.74. The number of aliphatic hydroxyl groups is 1. The van der Waals surface area contributed by atoms with E-state index in [1.54, 1.807) is 29.2 Å². The third kappa shape index (κ3) is 7.44. The van der Waals surface area contributed by atoms with Crippen molar-refractivity contribution in [2.24, 2.45) is 5.73 Å². The molecular weight excluding hydrogens is 624 g/mol. The van der Waals surface area contributed by atoms with Crippen molar-refractivity contribution in [3.8, 4) is 17.0 Å². The van der Waals surface area contributed by atoms with E-state index in [0.29, 0.717) is 37.3 Å². The van der Waals surface area contributed by atoms with Crippen LogP contribution < -0.4 is 26.0 Å². The minimum atomic E-state index is -4.98. The van der Waals surface area contributed by atoms with Crippen molar-refractivity contribution in [1.29, 1.82) is 0 Å². The number of benzene rings is 2. The van der Waals surface area contributed by atoms with E-state index >= 15 is 0 Å². The van der Waals surface area contributed by atoms with E-state index in [0.717, 1.165) is 6.07 Å². The Morgan fingerprint density at radius 2 is 1.79 bits per heavy atom. The molecule has 0 radical (unpaired) electrons. The molecule has 4 aromatic rings. The van der Waals surface area contributed by atoms with Gasteiger partial charge in [0, 0.05) is 38.3 Å². The SMILES string of the molecule is COc1ccc(F)cc1C(=O)NCc1ccc(-c2n[nH]c(C(N)=O)c2Nc2ccc(N3CCN(C)CC3)c(C(O)C(F)(F)F)n2)cc1. The number of hydrogen-bond donors (Lipinski definition) is 5. The van der Waals surface area contributed by atoms with Gasteiger partial charge in [0.1, 0.15) is 34.5 Å². The lowest BCUT2D eigenvalue weighted by molar-refractivity contribution is -0.207. The summed E-state index contributed by atoms with van der Waals surface area (Å²) in [6.07, 6.45) is -7.83.